The zero-order valence-electron chi connectivity index (χ0n) is 37.5. The Kier molecular flexibility index (Phi) is 13.7. The summed E-state index contributed by atoms with van der Waals surface area (Å²) in [5.41, 5.74) is 0.945. The van der Waals surface area contributed by atoms with Crippen molar-refractivity contribution >= 4 is 52.6 Å². The highest BCUT2D eigenvalue weighted by molar-refractivity contribution is 7.57. The minimum atomic E-state index is -4.31. The monoisotopic (exact) mass is 945 g/mol. The van der Waals surface area contributed by atoms with Crippen LogP contribution in [-0.2, 0) is 28.2 Å². The average molecular weight is 946 g/mol. The lowest BCUT2D eigenvalue weighted by atomic mass is 9.77. The van der Waals surface area contributed by atoms with Crippen LogP contribution < -0.4 is 10.4 Å². The van der Waals surface area contributed by atoms with E-state index in [-0.39, 0.29) is 77.7 Å². The standard InChI is InChI=1S/C47H60F4N5O7PS/c1-6-62-64(61,53-28(4)45(60)63-27(2)3)41(48)30-12-17-39-31(20-30)21-40(65-39)42(57)52-37-15-13-34(54(5)36-22-33(23-36)47(49,50)51)24-35-14-16-38(56(35)43(37)58)44(59)55-26-32(25-46(55)18-19-46)29-10-8-7-9-11-29/h7-12,17,20-21,27-28,32-38,41H,6,13-16,18-19,22-26H2,1-5H3,(H,52,57)(H,53,61)/t28-,32+,33?,34-,35+,36?,37-,38-,41+,64+/m0/s1. The van der Waals surface area contributed by atoms with Crippen LogP contribution in [0.1, 0.15) is 125 Å². The maximum Gasteiger partial charge on any atom is 0.391 e. The van der Waals surface area contributed by atoms with Crippen molar-refractivity contribution < 1.29 is 50.6 Å². The molecule has 12 nitrogen and oxygen atoms in total. The van der Waals surface area contributed by atoms with E-state index in [0.717, 1.165) is 30.6 Å². The van der Waals surface area contributed by atoms with E-state index in [2.05, 4.69) is 22.5 Å². The summed E-state index contributed by atoms with van der Waals surface area (Å²) in [7, 11) is -2.46. The van der Waals surface area contributed by atoms with Crippen molar-refractivity contribution in [1.29, 1.82) is 0 Å². The zero-order chi connectivity index (χ0) is 46.6. The molecule has 2 aromatic carbocycles. The maximum atomic E-state index is 16.2. The number of likely N-dealkylation sites (tertiary alicyclic amines) is 1. The Morgan fingerprint density at radius 1 is 0.985 bits per heavy atom. The van der Waals surface area contributed by atoms with Gasteiger partial charge in [0.05, 0.1) is 23.5 Å². The summed E-state index contributed by atoms with van der Waals surface area (Å²) in [6.07, 6.45) is 0.176. The van der Waals surface area contributed by atoms with Crippen molar-refractivity contribution in [1.82, 2.24) is 25.1 Å². The van der Waals surface area contributed by atoms with Crippen LogP contribution in [0.25, 0.3) is 10.1 Å². The SMILES string of the molecule is CCO[P@@](=O)(N[C@@H](C)C(=O)OC(C)C)[C@@H](F)c1ccc2sc(C(=O)N[C@H]3CC[C@H](N(C)C4CC(C(F)(F)F)C4)C[C@H]4CC[C@@H](C(=O)N5C[C@H](c6ccccc6)CC56CC6)N4C3=O)cc2c1. The number of carbonyl (C=O) groups excluding carboxylic acids is 4. The normalized spacial score (nSPS) is 28.4. The molecule has 65 heavy (non-hydrogen) atoms. The predicted octanol–water partition coefficient (Wildman–Crippen LogP) is 8.86. The molecule has 2 N–H and O–H groups in total. The molecule has 4 heterocycles. The predicted molar refractivity (Wildman–Crippen MR) is 239 cm³/mol. The highest BCUT2D eigenvalue weighted by Gasteiger charge is 2.59. The van der Waals surface area contributed by atoms with Crippen LogP contribution in [-0.4, -0.2) is 113 Å². The first-order valence-electron chi connectivity index (χ1n) is 23.0. The molecule has 8 atom stereocenters. The van der Waals surface area contributed by atoms with E-state index in [1.807, 2.05) is 35.0 Å². The molecule has 5 fully saturated rings. The first-order chi connectivity index (χ1) is 30.8. The Morgan fingerprint density at radius 3 is 2.37 bits per heavy atom. The lowest BCUT2D eigenvalue weighted by molar-refractivity contribution is -0.207. The van der Waals surface area contributed by atoms with Gasteiger partial charge in [-0.15, -0.1) is 11.3 Å². The van der Waals surface area contributed by atoms with Crippen molar-refractivity contribution in [3.8, 4) is 0 Å². The third-order valence-corrected chi connectivity index (χ3v) is 17.8. The number of hydrogen-bond donors (Lipinski definition) is 2. The molecule has 18 heteroatoms. The third kappa shape index (κ3) is 9.77. The second kappa shape index (κ2) is 18.7. The van der Waals surface area contributed by atoms with Gasteiger partial charge in [0.2, 0.25) is 17.7 Å². The maximum absolute atomic E-state index is 16.2. The largest absolute Gasteiger partial charge is 0.462 e. The molecule has 3 amide bonds. The van der Waals surface area contributed by atoms with Gasteiger partial charge in [0.25, 0.3) is 5.91 Å². The molecule has 1 aromatic heterocycles. The van der Waals surface area contributed by atoms with Gasteiger partial charge in [-0.3, -0.25) is 23.7 Å². The summed E-state index contributed by atoms with van der Waals surface area (Å²) >= 11 is 1.13. The Bertz CT molecular complexity index is 2310. The highest BCUT2D eigenvalue weighted by atomic mass is 32.1. The van der Waals surface area contributed by atoms with Gasteiger partial charge in [-0.05, 0) is 134 Å². The number of nitrogens with one attached hydrogen (secondary N) is 2. The van der Waals surface area contributed by atoms with Gasteiger partial charge in [0, 0.05) is 40.8 Å². The number of esters is 1. The van der Waals surface area contributed by atoms with Crippen LogP contribution in [0.2, 0.25) is 0 Å². The van der Waals surface area contributed by atoms with E-state index >= 15 is 4.39 Å². The van der Waals surface area contributed by atoms with Gasteiger partial charge < -0.3 is 29.3 Å². The molecule has 5 aliphatic rings. The Labute approximate surface area is 381 Å². The molecule has 2 saturated carbocycles. The van der Waals surface area contributed by atoms with Crippen molar-refractivity contribution in [3.05, 3.63) is 70.6 Å². The second-order valence-corrected chi connectivity index (χ2v) is 22.3. The Morgan fingerprint density at radius 2 is 1.71 bits per heavy atom. The molecule has 8 rings (SSSR count). The number of hydrogen-bond acceptors (Lipinski definition) is 9. The van der Waals surface area contributed by atoms with Gasteiger partial charge in [-0.25, -0.2) is 9.48 Å². The Hall–Kier alpha value is -3.89. The van der Waals surface area contributed by atoms with Crippen LogP contribution in [0.15, 0.2) is 54.6 Å². The summed E-state index contributed by atoms with van der Waals surface area (Å²) in [5.74, 6) is -5.02. The van der Waals surface area contributed by atoms with Gasteiger partial charge in [-0.2, -0.15) is 13.2 Å². The quantitative estimate of drug-likeness (QED) is 0.0923. The number of fused-ring (bicyclic) bond motifs is 2. The van der Waals surface area contributed by atoms with E-state index in [1.54, 1.807) is 37.8 Å². The van der Waals surface area contributed by atoms with Crippen LogP contribution in [0.5, 0.6) is 0 Å². The first-order valence-corrected chi connectivity index (χ1v) is 25.5. The fourth-order valence-corrected chi connectivity index (χ4v) is 13.5. The molecule has 0 radical (unpaired) electrons. The molecule has 0 bridgehead atoms. The lowest BCUT2D eigenvalue weighted by Crippen LogP contribution is -2.60. The van der Waals surface area contributed by atoms with Crippen molar-refractivity contribution in [2.75, 3.05) is 20.2 Å². The number of carbonyl (C=O) groups is 4. The molecule has 2 aliphatic carbocycles. The summed E-state index contributed by atoms with van der Waals surface area (Å²) in [6.45, 7) is 6.76. The van der Waals surface area contributed by atoms with E-state index in [9.17, 15) is 36.9 Å². The van der Waals surface area contributed by atoms with E-state index in [4.69, 9.17) is 9.26 Å². The number of amides is 3. The average Bonchev–Trinajstić information content (AvgIpc) is 3.52. The van der Waals surface area contributed by atoms with Gasteiger partial charge in [0.15, 0.2) is 0 Å². The van der Waals surface area contributed by atoms with Crippen molar-refractivity contribution in [2.24, 2.45) is 5.92 Å². The molecular weight excluding hydrogens is 886 g/mol. The number of halogens is 4. The van der Waals surface area contributed by atoms with E-state index in [0.29, 0.717) is 42.3 Å². The molecule has 3 aromatic rings. The van der Waals surface area contributed by atoms with Crippen LogP contribution >= 0.6 is 18.9 Å². The molecule has 1 spiro atoms. The lowest BCUT2D eigenvalue weighted by Gasteiger charge is -2.47. The Balaban J connectivity index is 1.02. The van der Waals surface area contributed by atoms with Crippen LogP contribution in [0.4, 0.5) is 17.6 Å². The number of ether oxygens (including phenoxy) is 1. The summed E-state index contributed by atoms with van der Waals surface area (Å²) in [4.78, 5) is 62.3. The van der Waals surface area contributed by atoms with Gasteiger partial charge in [-0.1, -0.05) is 36.4 Å². The number of alkyl halides is 4. The number of benzene rings is 2. The topological polar surface area (TPSA) is 138 Å². The second-order valence-electron chi connectivity index (χ2n) is 19.1. The molecule has 0 unspecified atom stereocenters. The van der Waals surface area contributed by atoms with Crippen LogP contribution in [0.3, 0.4) is 0 Å². The van der Waals surface area contributed by atoms with Crippen LogP contribution in [0, 0.1) is 5.92 Å². The number of thiophene rings is 1. The number of nitrogens with zero attached hydrogens (tertiary/aromatic N) is 3. The smallest absolute Gasteiger partial charge is 0.391 e. The minimum Gasteiger partial charge on any atom is -0.462 e. The molecular formula is C47H60F4N5O7PS. The third-order valence-electron chi connectivity index (χ3n) is 14.4. The number of rotatable bonds is 14. The zero-order valence-corrected chi connectivity index (χ0v) is 39.2. The van der Waals surface area contributed by atoms with E-state index < -0.39 is 61.6 Å². The molecule has 3 saturated heterocycles. The van der Waals surface area contributed by atoms with Gasteiger partial charge in [0.1, 0.15) is 18.1 Å². The fourth-order valence-electron chi connectivity index (χ4n) is 10.7. The fraction of sp³-hybridized carbons (Fsp3) is 0.617. The van der Waals surface area contributed by atoms with E-state index in [1.165, 1.54) is 24.6 Å². The summed E-state index contributed by atoms with van der Waals surface area (Å²) in [5, 5.41) is 5.99. The molecule has 354 valence electrons. The first kappa shape index (κ1) is 47.6. The summed E-state index contributed by atoms with van der Waals surface area (Å²) in [6, 6.07) is 12.6. The van der Waals surface area contributed by atoms with Crippen molar-refractivity contribution in [2.45, 2.75) is 158 Å². The summed E-state index contributed by atoms with van der Waals surface area (Å²) < 4.78 is 82.1. The minimum absolute atomic E-state index is 0.00574. The highest BCUT2D eigenvalue weighted by Crippen LogP contribution is 2.58. The van der Waals surface area contributed by atoms with Crippen molar-refractivity contribution in [3.63, 3.8) is 0 Å². The molecule has 3 aliphatic heterocycles. The van der Waals surface area contributed by atoms with Gasteiger partial charge >= 0.3 is 19.7 Å².